The van der Waals surface area contributed by atoms with Gasteiger partial charge in [0.25, 0.3) is 0 Å². The summed E-state index contributed by atoms with van der Waals surface area (Å²) in [7, 11) is -3.34. The molecule has 7 heteroatoms. The fourth-order valence-corrected chi connectivity index (χ4v) is 4.13. The second-order valence-electron chi connectivity index (χ2n) is 6.25. The molecule has 1 aromatic carbocycles. The number of nitrogens with one attached hydrogen (secondary N) is 2. The summed E-state index contributed by atoms with van der Waals surface area (Å²) in [6.45, 7) is 8.70. The van der Waals surface area contributed by atoms with Crippen LogP contribution in [0, 0.1) is 0 Å². The highest BCUT2D eigenvalue weighted by Gasteiger charge is 2.26. The molecule has 1 aliphatic rings. The Hall–Kier alpha value is -1.60. The van der Waals surface area contributed by atoms with Crippen molar-refractivity contribution < 1.29 is 8.42 Å². The van der Waals surface area contributed by atoms with Gasteiger partial charge in [0.05, 0.1) is 11.4 Å². The SMILES string of the molecule is CCNC(=NCc1ccc(S(=O)(=O)N2CCCC2)cc1)NC(C)C. The number of nitrogens with zero attached hydrogens (tertiary/aromatic N) is 2. The van der Waals surface area contributed by atoms with Crippen LogP contribution in [0.4, 0.5) is 0 Å². The lowest BCUT2D eigenvalue weighted by molar-refractivity contribution is 0.477. The van der Waals surface area contributed by atoms with E-state index in [1.807, 2.05) is 19.1 Å². The standard InChI is InChI=1S/C17H28N4O2S/c1-4-18-17(20-14(2)3)19-13-15-7-9-16(10-8-15)24(22,23)21-11-5-6-12-21/h7-10,14H,4-6,11-13H2,1-3H3,(H2,18,19,20). The number of benzene rings is 1. The van der Waals surface area contributed by atoms with Crippen LogP contribution in [-0.4, -0.2) is 44.4 Å². The first-order valence-electron chi connectivity index (χ1n) is 8.57. The number of hydrogen-bond acceptors (Lipinski definition) is 3. The zero-order valence-electron chi connectivity index (χ0n) is 14.7. The number of aliphatic imine (C=N–C) groups is 1. The Bertz CT molecular complexity index is 648. The fraction of sp³-hybridized carbons (Fsp3) is 0.588. The van der Waals surface area contributed by atoms with Crippen LogP contribution in [0.1, 0.15) is 39.2 Å². The van der Waals surface area contributed by atoms with Gasteiger partial charge in [0.15, 0.2) is 5.96 Å². The van der Waals surface area contributed by atoms with E-state index in [0.29, 0.717) is 30.6 Å². The molecule has 0 saturated carbocycles. The Morgan fingerprint density at radius 1 is 1.21 bits per heavy atom. The first-order chi connectivity index (χ1) is 11.4. The highest BCUT2D eigenvalue weighted by atomic mass is 32.2. The minimum absolute atomic E-state index is 0.302. The van der Waals surface area contributed by atoms with Gasteiger partial charge in [-0.25, -0.2) is 13.4 Å². The maximum atomic E-state index is 12.5. The molecule has 0 unspecified atom stereocenters. The van der Waals surface area contributed by atoms with E-state index in [1.165, 1.54) is 0 Å². The molecule has 24 heavy (non-hydrogen) atoms. The van der Waals surface area contributed by atoms with Crippen LogP contribution >= 0.6 is 0 Å². The van der Waals surface area contributed by atoms with E-state index in [4.69, 9.17) is 0 Å². The molecule has 0 spiro atoms. The lowest BCUT2D eigenvalue weighted by Gasteiger charge is -2.16. The molecule has 0 aromatic heterocycles. The monoisotopic (exact) mass is 352 g/mol. The summed E-state index contributed by atoms with van der Waals surface area (Å²) in [5.41, 5.74) is 0.983. The van der Waals surface area contributed by atoms with Crippen molar-refractivity contribution in [2.75, 3.05) is 19.6 Å². The van der Waals surface area contributed by atoms with E-state index in [0.717, 1.165) is 30.9 Å². The van der Waals surface area contributed by atoms with Crippen LogP contribution in [0.3, 0.4) is 0 Å². The molecule has 0 aliphatic carbocycles. The third-order valence-electron chi connectivity index (χ3n) is 3.82. The van der Waals surface area contributed by atoms with Gasteiger partial charge in [-0.3, -0.25) is 0 Å². The molecule has 1 saturated heterocycles. The van der Waals surface area contributed by atoms with Crippen LogP contribution < -0.4 is 10.6 Å². The average molecular weight is 353 g/mol. The van der Waals surface area contributed by atoms with Crippen LogP contribution in [0.5, 0.6) is 0 Å². The second kappa shape index (κ2) is 8.48. The van der Waals surface area contributed by atoms with Crippen molar-refractivity contribution in [3.63, 3.8) is 0 Å². The Morgan fingerprint density at radius 2 is 1.83 bits per heavy atom. The molecular formula is C17H28N4O2S. The van der Waals surface area contributed by atoms with Gasteiger partial charge < -0.3 is 10.6 Å². The van der Waals surface area contributed by atoms with E-state index >= 15 is 0 Å². The van der Waals surface area contributed by atoms with Crippen molar-refractivity contribution in [2.45, 2.75) is 51.1 Å². The van der Waals surface area contributed by atoms with Crippen LogP contribution in [0.25, 0.3) is 0 Å². The summed E-state index contributed by atoms with van der Waals surface area (Å²) in [4.78, 5) is 4.89. The molecule has 0 bridgehead atoms. The summed E-state index contributed by atoms with van der Waals surface area (Å²) < 4.78 is 26.6. The van der Waals surface area contributed by atoms with Gasteiger partial charge in [0.2, 0.25) is 10.0 Å². The summed E-state index contributed by atoms with van der Waals surface area (Å²) in [5.74, 6) is 0.765. The molecule has 1 aromatic rings. The molecule has 1 aliphatic heterocycles. The highest BCUT2D eigenvalue weighted by Crippen LogP contribution is 2.21. The minimum Gasteiger partial charge on any atom is -0.357 e. The smallest absolute Gasteiger partial charge is 0.243 e. The predicted octanol–water partition coefficient (Wildman–Crippen LogP) is 1.93. The van der Waals surface area contributed by atoms with Crippen LogP contribution in [0.15, 0.2) is 34.2 Å². The van der Waals surface area contributed by atoms with Crippen molar-refractivity contribution in [2.24, 2.45) is 4.99 Å². The van der Waals surface area contributed by atoms with E-state index in [9.17, 15) is 8.42 Å². The van der Waals surface area contributed by atoms with Gasteiger partial charge in [-0.05, 0) is 51.3 Å². The van der Waals surface area contributed by atoms with Gasteiger partial charge in [-0.2, -0.15) is 4.31 Å². The second-order valence-corrected chi connectivity index (χ2v) is 8.19. The Balaban J connectivity index is 2.06. The molecule has 1 fully saturated rings. The van der Waals surface area contributed by atoms with Gasteiger partial charge in [0, 0.05) is 25.7 Å². The number of rotatable bonds is 6. The molecule has 2 rings (SSSR count). The third kappa shape index (κ3) is 4.95. The van der Waals surface area contributed by atoms with E-state index in [2.05, 4.69) is 29.5 Å². The Kier molecular flexibility index (Phi) is 6.62. The van der Waals surface area contributed by atoms with Gasteiger partial charge in [0.1, 0.15) is 0 Å². The molecule has 1 heterocycles. The van der Waals surface area contributed by atoms with Crippen molar-refractivity contribution in [1.29, 1.82) is 0 Å². The molecular weight excluding hydrogens is 324 g/mol. The topological polar surface area (TPSA) is 73.8 Å². The van der Waals surface area contributed by atoms with Gasteiger partial charge in [-0.15, -0.1) is 0 Å². The lowest BCUT2D eigenvalue weighted by atomic mass is 10.2. The Labute approximate surface area is 145 Å². The number of sulfonamides is 1. The first kappa shape index (κ1) is 18.7. The summed E-state index contributed by atoms with van der Waals surface area (Å²) in [6, 6.07) is 7.34. The van der Waals surface area contributed by atoms with Crippen molar-refractivity contribution in [3.05, 3.63) is 29.8 Å². The van der Waals surface area contributed by atoms with Crippen molar-refractivity contribution in [3.8, 4) is 0 Å². The summed E-state index contributed by atoms with van der Waals surface area (Å²) in [5, 5.41) is 6.45. The first-order valence-corrected chi connectivity index (χ1v) is 10.0. The minimum atomic E-state index is -3.34. The van der Waals surface area contributed by atoms with E-state index in [-0.39, 0.29) is 0 Å². The summed E-state index contributed by atoms with van der Waals surface area (Å²) in [6.07, 6.45) is 1.89. The predicted molar refractivity (Wildman–Crippen MR) is 97.5 cm³/mol. The molecule has 2 N–H and O–H groups in total. The molecule has 134 valence electrons. The maximum Gasteiger partial charge on any atom is 0.243 e. The maximum absolute atomic E-state index is 12.5. The highest BCUT2D eigenvalue weighted by molar-refractivity contribution is 7.89. The number of hydrogen-bond donors (Lipinski definition) is 2. The average Bonchev–Trinajstić information content (AvgIpc) is 3.08. The van der Waals surface area contributed by atoms with Crippen molar-refractivity contribution in [1.82, 2.24) is 14.9 Å². The molecule has 6 nitrogen and oxygen atoms in total. The van der Waals surface area contributed by atoms with Gasteiger partial charge in [-0.1, -0.05) is 12.1 Å². The van der Waals surface area contributed by atoms with Crippen LogP contribution in [0.2, 0.25) is 0 Å². The van der Waals surface area contributed by atoms with Crippen molar-refractivity contribution >= 4 is 16.0 Å². The van der Waals surface area contributed by atoms with Gasteiger partial charge >= 0.3 is 0 Å². The summed E-state index contributed by atoms with van der Waals surface area (Å²) >= 11 is 0. The quantitative estimate of drug-likeness (QED) is 0.606. The molecule has 0 atom stereocenters. The number of guanidine groups is 1. The zero-order chi connectivity index (χ0) is 17.6. The molecule has 0 radical (unpaired) electrons. The largest absolute Gasteiger partial charge is 0.357 e. The van der Waals surface area contributed by atoms with E-state index in [1.54, 1.807) is 16.4 Å². The normalized spacial score (nSPS) is 16.6. The van der Waals surface area contributed by atoms with Crippen LogP contribution in [-0.2, 0) is 16.6 Å². The van der Waals surface area contributed by atoms with E-state index < -0.39 is 10.0 Å². The zero-order valence-corrected chi connectivity index (χ0v) is 15.6. The molecule has 0 amide bonds. The lowest BCUT2D eigenvalue weighted by Crippen LogP contribution is -2.40. The fourth-order valence-electron chi connectivity index (χ4n) is 2.61. The Morgan fingerprint density at radius 3 is 2.38 bits per heavy atom. The third-order valence-corrected chi connectivity index (χ3v) is 5.73.